The Kier molecular flexibility index (Phi) is 6.91. The van der Waals surface area contributed by atoms with Gasteiger partial charge < -0.3 is 10.1 Å². The molecule has 0 bridgehead atoms. The minimum absolute atomic E-state index is 0.0438. The number of ether oxygens (including phenoxy) is 1. The molecule has 4 nitrogen and oxygen atoms in total. The van der Waals surface area contributed by atoms with Crippen LogP contribution in [0.3, 0.4) is 0 Å². The number of rotatable bonds is 7. The molecule has 1 aliphatic heterocycles. The lowest BCUT2D eigenvalue weighted by atomic mass is 9.98. The maximum atomic E-state index is 13.0. The second-order valence-corrected chi connectivity index (χ2v) is 7.71. The Bertz CT molecular complexity index is 920. The van der Waals surface area contributed by atoms with E-state index in [0.29, 0.717) is 5.56 Å². The quantitative estimate of drug-likeness (QED) is 0.645. The van der Waals surface area contributed by atoms with Crippen LogP contribution < -0.4 is 5.32 Å². The third kappa shape index (κ3) is 5.56. The van der Waals surface area contributed by atoms with Gasteiger partial charge in [-0.15, -0.1) is 0 Å². The van der Waals surface area contributed by atoms with E-state index in [0.717, 1.165) is 44.8 Å². The van der Waals surface area contributed by atoms with Crippen LogP contribution in [0.15, 0.2) is 84.9 Å². The van der Waals surface area contributed by atoms with Crippen LogP contribution in [0, 0.1) is 0 Å². The Hall–Kier alpha value is -2.95. The number of carbonyl (C=O) groups excluding carboxylic acids is 1. The van der Waals surface area contributed by atoms with Crippen molar-refractivity contribution in [2.75, 3.05) is 26.3 Å². The Morgan fingerprint density at radius 3 is 2.13 bits per heavy atom. The SMILES string of the molecule is O=C(N[C@H](Cc1ccccc1)c1ccccc1)c1ccc(CN2CCOCC2)cc1. The summed E-state index contributed by atoms with van der Waals surface area (Å²) in [6.07, 6.45) is 0.756. The topological polar surface area (TPSA) is 41.6 Å². The molecule has 0 spiro atoms. The summed E-state index contributed by atoms with van der Waals surface area (Å²) in [5, 5.41) is 3.23. The number of amides is 1. The maximum Gasteiger partial charge on any atom is 0.251 e. The van der Waals surface area contributed by atoms with Crippen LogP contribution in [0.4, 0.5) is 0 Å². The highest BCUT2D eigenvalue weighted by Gasteiger charge is 2.17. The van der Waals surface area contributed by atoms with Crippen molar-refractivity contribution in [1.29, 1.82) is 0 Å². The summed E-state index contributed by atoms with van der Waals surface area (Å²) >= 11 is 0. The van der Waals surface area contributed by atoms with Crippen molar-refractivity contribution in [3.05, 3.63) is 107 Å². The van der Waals surface area contributed by atoms with Crippen molar-refractivity contribution >= 4 is 5.91 Å². The zero-order valence-corrected chi connectivity index (χ0v) is 17.2. The van der Waals surface area contributed by atoms with Gasteiger partial charge in [0.1, 0.15) is 0 Å². The van der Waals surface area contributed by atoms with E-state index in [1.54, 1.807) is 0 Å². The van der Waals surface area contributed by atoms with Gasteiger partial charge in [-0.1, -0.05) is 72.8 Å². The van der Waals surface area contributed by atoms with Gasteiger partial charge in [-0.3, -0.25) is 9.69 Å². The number of hydrogen-bond donors (Lipinski definition) is 1. The Morgan fingerprint density at radius 1 is 0.833 bits per heavy atom. The van der Waals surface area contributed by atoms with Gasteiger partial charge in [-0.2, -0.15) is 0 Å². The number of carbonyl (C=O) groups is 1. The van der Waals surface area contributed by atoms with Crippen LogP contribution in [-0.4, -0.2) is 37.1 Å². The molecule has 0 saturated carbocycles. The molecule has 0 aromatic heterocycles. The average molecular weight is 401 g/mol. The van der Waals surface area contributed by atoms with Crippen molar-refractivity contribution in [2.24, 2.45) is 0 Å². The van der Waals surface area contributed by atoms with Gasteiger partial charge in [0.05, 0.1) is 19.3 Å². The molecule has 4 rings (SSSR count). The molecule has 0 unspecified atom stereocenters. The van der Waals surface area contributed by atoms with Crippen molar-refractivity contribution in [3.63, 3.8) is 0 Å². The van der Waals surface area contributed by atoms with Crippen molar-refractivity contribution in [2.45, 2.75) is 19.0 Å². The van der Waals surface area contributed by atoms with Gasteiger partial charge >= 0.3 is 0 Å². The second kappa shape index (κ2) is 10.2. The minimum atomic E-state index is -0.0749. The van der Waals surface area contributed by atoms with E-state index >= 15 is 0 Å². The molecular formula is C26H28N2O2. The molecule has 1 aliphatic rings. The minimum Gasteiger partial charge on any atom is -0.379 e. The Balaban J connectivity index is 1.44. The summed E-state index contributed by atoms with van der Waals surface area (Å²) in [5.74, 6) is -0.0438. The van der Waals surface area contributed by atoms with Crippen LogP contribution in [0.1, 0.15) is 33.1 Å². The first kappa shape index (κ1) is 20.3. The molecule has 1 heterocycles. The molecule has 1 N–H and O–H groups in total. The molecule has 0 radical (unpaired) electrons. The number of morpholine rings is 1. The van der Waals surface area contributed by atoms with E-state index in [1.807, 2.05) is 48.5 Å². The van der Waals surface area contributed by atoms with Crippen LogP contribution in [0.5, 0.6) is 0 Å². The van der Waals surface area contributed by atoms with Gasteiger partial charge in [0.15, 0.2) is 0 Å². The summed E-state index contributed by atoms with van der Waals surface area (Å²) in [7, 11) is 0. The van der Waals surface area contributed by atoms with E-state index in [2.05, 4.69) is 46.6 Å². The Morgan fingerprint density at radius 2 is 1.47 bits per heavy atom. The summed E-state index contributed by atoms with van der Waals surface area (Å²) in [6.45, 7) is 4.40. The molecule has 3 aromatic carbocycles. The smallest absolute Gasteiger partial charge is 0.251 e. The largest absolute Gasteiger partial charge is 0.379 e. The highest BCUT2D eigenvalue weighted by atomic mass is 16.5. The van der Waals surface area contributed by atoms with E-state index in [1.165, 1.54) is 11.1 Å². The van der Waals surface area contributed by atoms with Crippen molar-refractivity contribution in [1.82, 2.24) is 10.2 Å². The average Bonchev–Trinajstić information content (AvgIpc) is 2.81. The van der Waals surface area contributed by atoms with E-state index in [-0.39, 0.29) is 11.9 Å². The third-order valence-corrected chi connectivity index (χ3v) is 5.52. The van der Waals surface area contributed by atoms with E-state index in [9.17, 15) is 4.79 Å². The molecule has 1 fully saturated rings. The molecule has 30 heavy (non-hydrogen) atoms. The number of hydrogen-bond acceptors (Lipinski definition) is 3. The lowest BCUT2D eigenvalue weighted by molar-refractivity contribution is 0.0342. The van der Waals surface area contributed by atoms with Crippen molar-refractivity contribution in [3.8, 4) is 0 Å². The van der Waals surface area contributed by atoms with E-state index in [4.69, 9.17) is 4.74 Å². The monoisotopic (exact) mass is 400 g/mol. The maximum absolute atomic E-state index is 13.0. The lowest BCUT2D eigenvalue weighted by Crippen LogP contribution is -2.35. The van der Waals surface area contributed by atoms with Crippen LogP contribution in [-0.2, 0) is 17.7 Å². The zero-order chi connectivity index (χ0) is 20.6. The van der Waals surface area contributed by atoms with Gasteiger partial charge in [-0.05, 0) is 35.2 Å². The first-order valence-corrected chi connectivity index (χ1v) is 10.6. The van der Waals surface area contributed by atoms with Gasteiger partial charge in [0.25, 0.3) is 5.91 Å². The highest BCUT2D eigenvalue weighted by molar-refractivity contribution is 5.94. The second-order valence-electron chi connectivity index (χ2n) is 7.71. The molecule has 1 atom stereocenters. The highest BCUT2D eigenvalue weighted by Crippen LogP contribution is 2.19. The van der Waals surface area contributed by atoms with Crippen LogP contribution in [0.2, 0.25) is 0 Å². The number of nitrogens with one attached hydrogen (secondary N) is 1. The molecule has 154 valence electrons. The zero-order valence-electron chi connectivity index (χ0n) is 17.2. The van der Waals surface area contributed by atoms with E-state index < -0.39 is 0 Å². The van der Waals surface area contributed by atoms with Crippen LogP contribution >= 0.6 is 0 Å². The number of benzene rings is 3. The molecule has 0 aliphatic carbocycles. The fourth-order valence-corrected chi connectivity index (χ4v) is 3.81. The molecule has 4 heteroatoms. The summed E-state index contributed by atoms with van der Waals surface area (Å²) in [6, 6.07) is 28.3. The van der Waals surface area contributed by atoms with Gasteiger partial charge in [-0.25, -0.2) is 0 Å². The molecule has 1 saturated heterocycles. The molecule has 1 amide bonds. The standard InChI is InChI=1S/C26H28N2O2/c29-26(24-13-11-22(12-14-24)20-28-15-17-30-18-16-28)27-25(23-9-5-2-6-10-23)19-21-7-3-1-4-8-21/h1-14,25H,15-20H2,(H,27,29)/t25-/m1/s1. The third-order valence-electron chi connectivity index (χ3n) is 5.52. The first-order valence-electron chi connectivity index (χ1n) is 10.6. The summed E-state index contributed by atoms with van der Waals surface area (Å²) in [5.41, 5.74) is 4.22. The predicted octanol–water partition coefficient (Wildman–Crippen LogP) is 4.23. The number of nitrogens with zero attached hydrogens (tertiary/aromatic N) is 1. The predicted molar refractivity (Wildman–Crippen MR) is 119 cm³/mol. The van der Waals surface area contributed by atoms with Gasteiger partial charge in [0, 0.05) is 25.2 Å². The Labute approximate surface area is 178 Å². The van der Waals surface area contributed by atoms with Crippen LogP contribution in [0.25, 0.3) is 0 Å². The van der Waals surface area contributed by atoms with Gasteiger partial charge in [0.2, 0.25) is 0 Å². The molecule has 3 aromatic rings. The normalized spacial score (nSPS) is 15.5. The summed E-state index contributed by atoms with van der Waals surface area (Å²) < 4.78 is 5.41. The lowest BCUT2D eigenvalue weighted by Gasteiger charge is -2.26. The van der Waals surface area contributed by atoms with Crippen molar-refractivity contribution < 1.29 is 9.53 Å². The first-order chi connectivity index (χ1) is 14.8. The fourth-order valence-electron chi connectivity index (χ4n) is 3.81. The molecular weight excluding hydrogens is 372 g/mol. The summed E-state index contributed by atoms with van der Waals surface area (Å²) in [4.78, 5) is 15.4. The fraction of sp³-hybridized carbons (Fsp3) is 0.269.